The molecule has 0 bridgehead atoms. The minimum Gasteiger partial charge on any atom is -0.247 e. The molecule has 2 aromatic rings. The second-order valence-corrected chi connectivity index (χ2v) is 5.80. The first-order valence-electron chi connectivity index (χ1n) is 6.21. The van der Waals surface area contributed by atoms with Crippen LogP contribution in [0.5, 0.6) is 0 Å². The predicted molar refractivity (Wildman–Crippen MR) is 86.0 cm³/mol. The monoisotopic (exact) mass is 312 g/mol. The largest absolute Gasteiger partial charge is 0.247 e. The first-order chi connectivity index (χ1) is 10.3. The smallest absolute Gasteiger partial charge is 0.0991 e. The Hall–Kier alpha value is -1.92. The van der Waals surface area contributed by atoms with Crippen molar-refractivity contribution in [3.8, 4) is 12.1 Å². The third kappa shape index (κ3) is 5.17. The number of nitriles is 2. The van der Waals surface area contributed by atoms with Gasteiger partial charge in [0.1, 0.15) is 0 Å². The summed E-state index contributed by atoms with van der Waals surface area (Å²) in [4.78, 5) is 0. The number of hydrogen-bond acceptors (Lipinski definition) is 5. The lowest BCUT2D eigenvalue weighted by atomic mass is 10.2. The second-order valence-electron chi connectivity index (χ2n) is 4.21. The minimum atomic E-state index is 0.667. The lowest BCUT2D eigenvalue weighted by Gasteiger charge is -2.02. The summed E-state index contributed by atoms with van der Waals surface area (Å²) >= 11 is 2.75. The van der Waals surface area contributed by atoms with Crippen LogP contribution in [0.25, 0.3) is 0 Å². The highest BCUT2D eigenvalue weighted by atomic mass is 32.2. The van der Waals surface area contributed by atoms with E-state index in [1.54, 1.807) is 24.3 Å². The van der Waals surface area contributed by atoms with Gasteiger partial charge in [0, 0.05) is 35.6 Å². The van der Waals surface area contributed by atoms with Gasteiger partial charge in [0.25, 0.3) is 0 Å². The van der Waals surface area contributed by atoms with E-state index in [1.807, 2.05) is 24.3 Å². The molecule has 3 nitrogen and oxygen atoms in total. The summed E-state index contributed by atoms with van der Waals surface area (Å²) in [5, 5.41) is 17.4. The van der Waals surface area contributed by atoms with Crippen LogP contribution in [-0.4, -0.2) is 0 Å². The average molecular weight is 312 g/mol. The summed E-state index contributed by atoms with van der Waals surface area (Å²) in [5.74, 6) is 1.48. The zero-order chi connectivity index (χ0) is 14.9. The van der Waals surface area contributed by atoms with Gasteiger partial charge < -0.3 is 0 Å². The maximum Gasteiger partial charge on any atom is 0.0991 e. The molecule has 0 heterocycles. The standard InChI is InChI=1S/C16H12N2OS2/c17-9-13-1-5-15(6-2-13)11-20-19-21-12-16-7-3-14(10-18)4-8-16/h1-8H,11-12H2. The fourth-order valence-electron chi connectivity index (χ4n) is 1.57. The molecular weight excluding hydrogens is 300 g/mol. The van der Waals surface area contributed by atoms with Gasteiger partial charge in [-0.3, -0.25) is 0 Å². The summed E-state index contributed by atoms with van der Waals surface area (Å²) in [7, 11) is 0. The van der Waals surface area contributed by atoms with Crippen LogP contribution in [-0.2, 0) is 15.1 Å². The molecule has 0 saturated heterocycles. The number of rotatable bonds is 6. The number of hydrogen-bond donors (Lipinski definition) is 0. The van der Waals surface area contributed by atoms with E-state index in [4.69, 9.17) is 14.2 Å². The molecule has 0 amide bonds. The van der Waals surface area contributed by atoms with Crippen molar-refractivity contribution in [2.24, 2.45) is 0 Å². The van der Waals surface area contributed by atoms with E-state index in [-0.39, 0.29) is 0 Å². The lowest BCUT2D eigenvalue weighted by Crippen LogP contribution is -1.83. The summed E-state index contributed by atoms with van der Waals surface area (Å²) in [6, 6.07) is 19.1. The van der Waals surface area contributed by atoms with Gasteiger partial charge in [-0.25, -0.2) is 3.63 Å². The number of benzene rings is 2. The van der Waals surface area contributed by atoms with Crippen molar-refractivity contribution < 1.29 is 3.63 Å². The molecule has 0 spiro atoms. The SMILES string of the molecule is N#Cc1ccc(CSOSCc2ccc(C#N)cc2)cc1. The molecule has 0 radical (unpaired) electrons. The molecule has 0 N–H and O–H groups in total. The van der Waals surface area contributed by atoms with Crippen LogP contribution in [0.1, 0.15) is 22.3 Å². The zero-order valence-corrected chi connectivity index (χ0v) is 12.8. The Morgan fingerprint density at radius 2 is 1.10 bits per heavy atom. The maximum absolute atomic E-state index is 8.71. The van der Waals surface area contributed by atoms with Gasteiger partial charge in [-0.1, -0.05) is 24.3 Å². The molecule has 0 fully saturated rings. The van der Waals surface area contributed by atoms with Crippen LogP contribution in [0, 0.1) is 22.7 Å². The van der Waals surface area contributed by atoms with Crippen molar-refractivity contribution in [2.45, 2.75) is 11.5 Å². The molecule has 0 saturated carbocycles. The van der Waals surface area contributed by atoms with Crippen molar-refractivity contribution >= 4 is 24.1 Å². The van der Waals surface area contributed by atoms with Gasteiger partial charge in [-0.05, 0) is 35.4 Å². The molecule has 0 aromatic heterocycles. The van der Waals surface area contributed by atoms with Crippen molar-refractivity contribution in [1.29, 1.82) is 10.5 Å². The van der Waals surface area contributed by atoms with E-state index in [2.05, 4.69) is 12.1 Å². The Morgan fingerprint density at radius 3 is 1.43 bits per heavy atom. The molecular formula is C16H12N2OS2. The predicted octanol–water partition coefficient (Wildman–Crippen LogP) is 4.44. The second kappa shape index (κ2) is 8.39. The van der Waals surface area contributed by atoms with Crippen molar-refractivity contribution in [3.63, 3.8) is 0 Å². The molecule has 2 rings (SSSR count). The van der Waals surface area contributed by atoms with Crippen LogP contribution in [0.4, 0.5) is 0 Å². The molecule has 2 aromatic carbocycles. The van der Waals surface area contributed by atoms with Gasteiger partial charge in [-0.2, -0.15) is 10.5 Å². The highest BCUT2D eigenvalue weighted by molar-refractivity contribution is 8.07. The van der Waals surface area contributed by atoms with Crippen LogP contribution < -0.4 is 0 Å². The van der Waals surface area contributed by atoms with Crippen molar-refractivity contribution in [2.75, 3.05) is 0 Å². The van der Waals surface area contributed by atoms with E-state index in [1.165, 1.54) is 24.1 Å². The highest BCUT2D eigenvalue weighted by Gasteiger charge is 1.98. The Bertz CT molecular complexity index is 595. The molecule has 5 heteroatoms. The van der Waals surface area contributed by atoms with Crippen LogP contribution in [0.15, 0.2) is 48.5 Å². The first kappa shape index (κ1) is 15.5. The third-order valence-electron chi connectivity index (χ3n) is 2.71. The molecule has 104 valence electrons. The molecule has 0 aliphatic rings. The lowest BCUT2D eigenvalue weighted by molar-refractivity contribution is 0.755. The summed E-state index contributed by atoms with van der Waals surface area (Å²) < 4.78 is 5.46. The average Bonchev–Trinajstić information content (AvgIpc) is 2.55. The summed E-state index contributed by atoms with van der Waals surface area (Å²) in [5.41, 5.74) is 3.58. The van der Waals surface area contributed by atoms with Crippen molar-refractivity contribution in [3.05, 3.63) is 70.8 Å². The Morgan fingerprint density at radius 1 is 0.714 bits per heavy atom. The molecule has 0 atom stereocenters. The topological polar surface area (TPSA) is 56.8 Å². The molecule has 0 unspecified atom stereocenters. The number of nitrogens with zero attached hydrogens (tertiary/aromatic N) is 2. The van der Waals surface area contributed by atoms with E-state index in [0.717, 1.165) is 22.6 Å². The quantitative estimate of drug-likeness (QED) is 0.583. The van der Waals surface area contributed by atoms with Crippen LogP contribution >= 0.6 is 24.1 Å². The zero-order valence-electron chi connectivity index (χ0n) is 11.2. The van der Waals surface area contributed by atoms with E-state index in [0.29, 0.717) is 11.1 Å². The van der Waals surface area contributed by atoms with Gasteiger partial charge in [0.2, 0.25) is 0 Å². The minimum absolute atomic E-state index is 0.667. The normalized spacial score (nSPS) is 9.81. The van der Waals surface area contributed by atoms with E-state index >= 15 is 0 Å². The fraction of sp³-hybridized carbons (Fsp3) is 0.125. The van der Waals surface area contributed by atoms with E-state index in [9.17, 15) is 0 Å². The van der Waals surface area contributed by atoms with Gasteiger partial charge in [-0.15, -0.1) is 0 Å². The Labute approximate surface area is 133 Å². The van der Waals surface area contributed by atoms with Gasteiger partial charge in [0.15, 0.2) is 0 Å². The summed E-state index contributed by atoms with van der Waals surface area (Å²) in [6.07, 6.45) is 0. The van der Waals surface area contributed by atoms with Crippen LogP contribution in [0.3, 0.4) is 0 Å². The summed E-state index contributed by atoms with van der Waals surface area (Å²) in [6.45, 7) is 0. The molecule has 0 aliphatic heterocycles. The van der Waals surface area contributed by atoms with Crippen LogP contribution in [0.2, 0.25) is 0 Å². The third-order valence-corrected chi connectivity index (χ3v) is 4.39. The fourth-order valence-corrected chi connectivity index (χ4v) is 2.88. The molecule has 21 heavy (non-hydrogen) atoms. The van der Waals surface area contributed by atoms with E-state index < -0.39 is 0 Å². The maximum atomic E-state index is 8.71. The first-order valence-corrected chi connectivity index (χ1v) is 8.03. The Balaban J connectivity index is 1.67. The highest BCUT2D eigenvalue weighted by Crippen LogP contribution is 2.23. The van der Waals surface area contributed by atoms with Crippen molar-refractivity contribution in [1.82, 2.24) is 0 Å². The Kier molecular flexibility index (Phi) is 6.18. The van der Waals surface area contributed by atoms with Gasteiger partial charge >= 0.3 is 0 Å². The molecule has 0 aliphatic carbocycles. The van der Waals surface area contributed by atoms with Gasteiger partial charge in [0.05, 0.1) is 23.3 Å².